The van der Waals surface area contributed by atoms with Crippen molar-refractivity contribution in [2.24, 2.45) is 0 Å². The number of amides is 1. The van der Waals surface area contributed by atoms with Gasteiger partial charge in [-0.3, -0.25) is 19.4 Å². The van der Waals surface area contributed by atoms with Crippen LogP contribution in [0.2, 0.25) is 0 Å². The van der Waals surface area contributed by atoms with E-state index in [1.54, 1.807) is 0 Å². The number of piperazine rings is 1. The number of hydrogen-bond donors (Lipinski definition) is 1. The van der Waals surface area contributed by atoms with Gasteiger partial charge in [-0.15, -0.1) is 0 Å². The summed E-state index contributed by atoms with van der Waals surface area (Å²) in [6, 6.07) is 0. The zero-order valence-corrected chi connectivity index (χ0v) is 13.2. The Balaban J connectivity index is 2.04. The summed E-state index contributed by atoms with van der Waals surface area (Å²) in [6.07, 6.45) is 2.65. The number of likely N-dealkylation sites (tertiary alicyclic amines) is 1. The van der Waals surface area contributed by atoms with Crippen molar-refractivity contribution in [1.29, 1.82) is 0 Å². The molecule has 2 aliphatic heterocycles. The smallest absolute Gasteiger partial charge is 0.304 e. The molecule has 2 rings (SSSR count). The van der Waals surface area contributed by atoms with Crippen LogP contribution >= 0.6 is 0 Å². The number of carboxylic acid groups (broad SMARTS) is 1. The van der Waals surface area contributed by atoms with Gasteiger partial charge in [0, 0.05) is 51.2 Å². The van der Waals surface area contributed by atoms with Crippen LogP contribution in [0.5, 0.6) is 0 Å². The molecule has 2 aliphatic rings. The van der Waals surface area contributed by atoms with Crippen molar-refractivity contribution in [3.63, 3.8) is 0 Å². The van der Waals surface area contributed by atoms with Gasteiger partial charge >= 0.3 is 5.97 Å². The molecule has 1 atom stereocenters. The first-order chi connectivity index (χ1) is 9.97. The second-order valence-electron chi connectivity index (χ2n) is 6.29. The van der Waals surface area contributed by atoms with Gasteiger partial charge in [-0.05, 0) is 26.8 Å². The van der Waals surface area contributed by atoms with Crippen molar-refractivity contribution >= 4 is 11.9 Å². The molecule has 6 nitrogen and oxygen atoms in total. The summed E-state index contributed by atoms with van der Waals surface area (Å²) in [5, 5.41) is 8.86. The number of aliphatic carboxylic acids is 1. The van der Waals surface area contributed by atoms with Gasteiger partial charge in [-0.1, -0.05) is 0 Å². The van der Waals surface area contributed by atoms with Crippen molar-refractivity contribution in [3.05, 3.63) is 0 Å². The molecule has 0 aromatic rings. The first-order valence-electron chi connectivity index (χ1n) is 7.90. The van der Waals surface area contributed by atoms with E-state index in [1.165, 1.54) is 0 Å². The van der Waals surface area contributed by atoms with Crippen molar-refractivity contribution in [2.45, 2.75) is 38.1 Å². The lowest BCUT2D eigenvalue weighted by molar-refractivity contribution is -0.137. The Morgan fingerprint density at radius 3 is 2.71 bits per heavy atom. The Bertz CT molecular complexity index is 402. The topological polar surface area (TPSA) is 64.1 Å². The van der Waals surface area contributed by atoms with Gasteiger partial charge in [-0.25, -0.2) is 0 Å². The molecule has 0 aromatic carbocycles. The molecular weight excluding hydrogens is 270 g/mol. The van der Waals surface area contributed by atoms with E-state index in [9.17, 15) is 9.59 Å². The van der Waals surface area contributed by atoms with Gasteiger partial charge in [0.1, 0.15) is 0 Å². The fraction of sp³-hybridized carbons (Fsp3) is 0.867. The third-order valence-corrected chi connectivity index (χ3v) is 5.11. The SMILES string of the molecule is CCN1CCC2(CCC1=O)CN(CCC(=O)O)CCN2C. The van der Waals surface area contributed by atoms with Crippen molar-refractivity contribution < 1.29 is 14.7 Å². The summed E-state index contributed by atoms with van der Waals surface area (Å²) >= 11 is 0. The van der Waals surface area contributed by atoms with Crippen LogP contribution < -0.4 is 0 Å². The summed E-state index contributed by atoms with van der Waals surface area (Å²) in [4.78, 5) is 29.4. The molecule has 120 valence electrons. The maximum absolute atomic E-state index is 12.1. The van der Waals surface area contributed by atoms with Gasteiger partial charge in [-0.2, -0.15) is 0 Å². The second kappa shape index (κ2) is 6.75. The first kappa shape index (κ1) is 16.2. The molecule has 0 radical (unpaired) electrons. The molecule has 21 heavy (non-hydrogen) atoms. The van der Waals surface area contributed by atoms with Crippen molar-refractivity contribution in [3.8, 4) is 0 Å². The lowest BCUT2D eigenvalue weighted by Gasteiger charge is -2.49. The zero-order valence-electron chi connectivity index (χ0n) is 13.2. The molecule has 0 aromatic heterocycles. The highest BCUT2D eigenvalue weighted by molar-refractivity contribution is 5.76. The van der Waals surface area contributed by atoms with E-state index in [-0.39, 0.29) is 17.9 Å². The van der Waals surface area contributed by atoms with Gasteiger partial charge < -0.3 is 10.0 Å². The first-order valence-corrected chi connectivity index (χ1v) is 7.90. The van der Waals surface area contributed by atoms with E-state index in [4.69, 9.17) is 5.11 Å². The molecule has 1 N–H and O–H groups in total. The lowest BCUT2D eigenvalue weighted by atomic mass is 9.86. The van der Waals surface area contributed by atoms with E-state index in [2.05, 4.69) is 16.8 Å². The van der Waals surface area contributed by atoms with E-state index < -0.39 is 5.97 Å². The van der Waals surface area contributed by atoms with Crippen LogP contribution in [0.15, 0.2) is 0 Å². The lowest BCUT2D eigenvalue weighted by Crippen LogP contribution is -2.61. The Morgan fingerprint density at radius 2 is 2.05 bits per heavy atom. The molecule has 1 amide bonds. The average molecular weight is 297 g/mol. The Kier molecular flexibility index (Phi) is 5.22. The van der Waals surface area contributed by atoms with Crippen LogP contribution in [-0.2, 0) is 9.59 Å². The van der Waals surface area contributed by atoms with Crippen LogP contribution in [0, 0.1) is 0 Å². The molecule has 1 unspecified atom stereocenters. The van der Waals surface area contributed by atoms with Gasteiger partial charge in [0.25, 0.3) is 0 Å². The fourth-order valence-corrected chi connectivity index (χ4v) is 3.55. The van der Waals surface area contributed by atoms with Crippen LogP contribution in [0.1, 0.15) is 32.6 Å². The second-order valence-corrected chi connectivity index (χ2v) is 6.29. The predicted molar refractivity (Wildman–Crippen MR) is 80.2 cm³/mol. The van der Waals surface area contributed by atoms with Crippen LogP contribution in [-0.4, -0.2) is 83.5 Å². The Labute approximate surface area is 126 Å². The van der Waals surface area contributed by atoms with E-state index in [0.717, 1.165) is 45.6 Å². The van der Waals surface area contributed by atoms with Crippen molar-refractivity contribution in [1.82, 2.24) is 14.7 Å². The molecule has 0 aliphatic carbocycles. The summed E-state index contributed by atoms with van der Waals surface area (Å²) in [5.41, 5.74) is 0.0241. The Morgan fingerprint density at radius 1 is 1.29 bits per heavy atom. The highest BCUT2D eigenvalue weighted by Crippen LogP contribution is 2.32. The van der Waals surface area contributed by atoms with Gasteiger partial charge in [0.05, 0.1) is 6.42 Å². The van der Waals surface area contributed by atoms with Gasteiger partial charge in [0.15, 0.2) is 0 Å². The predicted octanol–water partition coefficient (Wildman–Crippen LogP) is 0.480. The molecule has 2 saturated heterocycles. The van der Waals surface area contributed by atoms with E-state index in [0.29, 0.717) is 13.0 Å². The van der Waals surface area contributed by atoms with Crippen LogP contribution in [0.3, 0.4) is 0 Å². The number of hydrogen-bond acceptors (Lipinski definition) is 4. The minimum Gasteiger partial charge on any atom is -0.481 e. The maximum atomic E-state index is 12.1. The molecule has 0 bridgehead atoms. The quantitative estimate of drug-likeness (QED) is 0.818. The molecule has 2 heterocycles. The Hall–Kier alpha value is -1.14. The van der Waals surface area contributed by atoms with Crippen LogP contribution in [0.4, 0.5) is 0 Å². The standard InChI is InChI=1S/C15H27N3O3/c1-3-18-9-7-15(6-4-13(18)19)12-17(8-5-14(20)21)11-10-16(15)2/h3-12H2,1-2H3,(H,20,21). The zero-order chi connectivity index (χ0) is 15.5. The van der Waals surface area contributed by atoms with Gasteiger partial charge in [0.2, 0.25) is 5.91 Å². The minimum absolute atomic E-state index is 0.0241. The fourth-order valence-electron chi connectivity index (χ4n) is 3.55. The molecular formula is C15H27N3O3. The number of carbonyl (C=O) groups is 2. The number of carbonyl (C=O) groups excluding carboxylic acids is 1. The van der Waals surface area contributed by atoms with E-state index in [1.807, 2.05) is 11.8 Å². The molecule has 6 heteroatoms. The third kappa shape index (κ3) is 3.74. The molecule has 2 fully saturated rings. The summed E-state index contributed by atoms with van der Waals surface area (Å²) in [7, 11) is 2.14. The van der Waals surface area contributed by atoms with Crippen LogP contribution in [0.25, 0.3) is 0 Å². The number of nitrogens with zero attached hydrogens (tertiary/aromatic N) is 3. The third-order valence-electron chi connectivity index (χ3n) is 5.11. The maximum Gasteiger partial charge on any atom is 0.304 e. The summed E-state index contributed by atoms with van der Waals surface area (Å²) in [6.45, 7) is 6.96. The normalized spacial score (nSPS) is 28.9. The highest BCUT2D eigenvalue weighted by atomic mass is 16.4. The monoisotopic (exact) mass is 297 g/mol. The summed E-state index contributed by atoms with van der Waals surface area (Å²) < 4.78 is 0. The highest BCUT2D eigenvalue weighted by Gasteiger charge is 2.41. The number of likely N-dealkylation sites (N-methyl/N-ethyl adjacent to an activating group) is 1. The van der Waals surface area contributed by atoms with Crippen molar-refractivity contribution in [2.75, 3.05) is 46.3 Å². The number of carboxylic acids is 1. The molecule has 0 saturated carbocycles. The number of rotatable bonds is 4. The van der Waals surface area contributed by atoms with E-state index >= 15 is 0 Å². The average Bonchev–Trinajstić information content (AvgIpc) is 2.61. The minimum atomic E-state index is -0.740. The molecule has 1 spiro atoms. The largest absolute Gasteiger partial charge is 0.481 e. The summed E-state index contributed by atoms with van der Waals surface area (Å²) in [5.74, 6) is -0.485.